The van der Waals surface area contributed by atoms with Gasteiger partial charge >= 0.3 is 0 Å². The lowest BCUT2D eigenvalue weighted by Gasteiger charge is -2.25. The molecule has 126 valence electrons. The third kappa shape index (κ3) is 4.55. The molecule has 1 saturated carbocycles. The van der Waals surface area contributed by atoms with Gasteiger partial charge in [-0.05, 0) is 57.4 Å². The quantitative estimate of drug-likeness (QED) is 0.876. The minimum atomic E-state index is -0.00395. The number of anilines is 1. The van der Waals surface area contributed by atoms with E-state index in [1.807, 2.05) is 13.8 Å². The number of hydrogen-bond acceptors (Lipinski definition) is 3. The molecular weight excluding hydrogens is 290 g/mol. The minimum absolute atomic E-state index is 0.00395. The fourth-order valence-electron chi connectivity index (χ4n) is 3.10. The molecule has 1 aliphatic rings. The van der Waals surface area contributed by atoms with Crippen LogP contribution in [0.2, 0.25) is 0 Å². The maximum atomic E-state index is 12.3. The van der Waals surface area contributed by atoms with Crippen LogP contribution in [0.3, 0.4) is 0 Å². The first-order valence-corrected chi connectivity index (χ1v) is 8.50. The fraction of sp³-hybridized carbons (Fsp3) is 0.556. The van der Waals surface area contributed by atoms with Crippen molar-refractivity contribution in [3.63, 3.8) is 0 Å². The Hall–Kier alpha value is -1.88. The van der Waals surface area contributed by atoms with Crippen LogP contribution < -0.4 is 11.1 Å². The Morgan fingerprint density at radius 2 is 1.83 bits per heavy atom. The highest BCUT2D eigenvalue weighted by molar-refractivity contribution is 5.96. The van der Waals surface area contributed by atoms with Crippen molar-refractivity contribution in [2.24, 2.45) is 11.7 Å². The van der Waals surface area contributed by atoms with Crippen molar-refractivity contribution in [3.05, 3.63) is 29.8 Å². The summed E-state index contributed by atoms with van der Waals surface area (Å²) in [4.78, 5) is 26.3. The summed E-state index contributed by atoms with van der Waals surface area (Å²) in [5.41, 5.74) is 7.31. The van der Waals surface area contributed by atoms with E-state index < -0.39 is 0 Å². The molecule has 1 aromatic rings. The van der Waals surface area contributed by atoms with Crippen molar-refractivity contribution in [1.29, 1.82) is 0 Å². The number of nitrogens with zero attached hydrogens (tertiary/aromatic N) is 1. The number of carbonyl (C=O) groups is 2. The highest BCUT2D eigenvalue weighted by atomic mass is 16.2. The van der Waals surface area contributed by atoms with Crippen LogP contribution in [0.5, 0.6) is 0 Å². The highest BCUT2D eigenvalue weighted by Gasteiger charge is 2.25. The van der Waals surface area contributed by atoms with E-state index in [9.17, 15) is 9.59 Å². The van der Waals surface area contributed by atoms with Crippen LogP contribution >= 0.6 is 0 Å². The smallest absolute Gasteiger partial charge is 0.253 e. The highest BCUT2D eigenvalue weighted by Crippen LogP contribution is 2.24. The third-order valence-electron chi connectivity index (χ3n) is 4.54. The predicted octanol–water partition coefficient (Wildman–Crippen LogP) is 2.62. The Morgan fingerprint density at radius 1 is 1.17 bits per heavy atom. The molecule has 0 bridgehead atoms. The zero-order valence-electron chi connectivity index (χ0n) is 14.0. The van der Waals surface area contributed by atoms with Crippen molar-refractivity contribution >= 4 is 17.5 Å². The van der Waals surface area contributed by atoms with Gasteiger partial charge < -0.3 is 16.0 Å². The second-order valence-electron chi connectivity index (χ2n) is 6.17. The molecule has 3 N–H and O–H groups in total. The van der Waals surface area contributed by atoms with E-state index in [1.165, 1.54) is 0 Å². The molecule has 2 unspecified atom stereocenters. The topological polar surface area (TPSA) is 75.4 Å². The molecule has 1 aliphatic carbocycles. The Kier molecular flexibility index (Phi) is 6.16. The van der Waals surface area contributed by atoms with Crippen LogP contribution in [-0.2, 0) is 4.79 Å². The Morgan fingerprint density at radius 3 is 2.39 bits per heavy atom. The summed E-state index contributed by atoms with van der Waals surface area (Å²) in [5, 5.41) is 2.94. The number of benzene rings is 1. The van der Waals surface area contributed by atoms with Gasteiger partial charge in [-0.2, -0.15) is 0 Å². The van der Waals surface area contributed by atoms with Gasteiger partial charge in [-0.15, -0.1) is 0 Å². The first-order valence-electron chi connectivity index (χ1n) is 8.50. The van der Waals surface area contributed by atoms with Crippen molar-refractivity contribution in [1.82, 2.24) is 4.90 Å². The Labute approximate surface area is 138 Å². The second kappa shape index (κ2) is 8.11. The lowest BCUT2D eigenvalue weighted by atomic mass is 9.85. The Bertz CT molecular complexity index is 538. The van der Waals surface area contributed by atoms with Crippen molar-refractivity contribution < 1.29 is 9.59 Å². The van der Waals surface area contributed by atoms with E-state index in [0.29, 0.717) is 18.7 Å². The molecule has 0 aromatic heterocycles. The summed E-state index contributed by atoms with van der Waals surface area (Å²) in [6.07, 6.45) is 3.67. The van der Waals surface area contributed by atoms with Crippen LogP contribution in [0.25, 0.3) is 0 Å². The SMILES string of the molecule is CCN(CC)C(=O)c1ccc(NC(=O)C2CCCC(N)C2)cc1. The molecule has 23 heavy (non-hydrogen) atoms. The average Bonchev–Trinajstić information content (AvgIpc) is 2.56. The van der Waals surface area contributed by atoms with Crippen LogP contribution in [0.1, 0.15) is 49.9 Å². The predicted molar refractivity (Wildman–Crippen MR) is 92.3 cm³/mol. The standard InChI is InChI=1S/C18H27N3O2/c1-3-21(4-2)18(23)13-8-10-16(11-9-13)20-17(22)14-6-5-7-15(19)12-14/h8-11,14-15H,3-7,12,19H2,1-2H3,(H,20,22). The first kappa shape index (κ1) is 17.5. The molecule has 2 atom stereocenters. The molecular formula is C18H27N3O2. The maximum absolute atomic E-state index is 12.3. The van der Waals surface area contributed by atoms with Gasteiger partial charge in [-0.1, -0.05) is 6.42 Å². The van der Waals surface area contributed by atoms with Gasteiger partial charge in [0, 0.05) is 36.3 Å². The lowest BCUT2D eigenvalue weighted by molar-refractivity contribution is -0.120. The van der Waals surface area contributed by atoms with Gasteiger partial charge in [-0.25, -0.2) is 0 Å². The van der Waals surface area contributed by atoms with Gasteiger partial charge in [0.15, 0.2) is 0 Å². The van der Waals surface area contributed by atoms with Crippen LogP contribution in [0, 0.1) is 5.92 Å². The van der Waals surface area contributed by atoms with Crippen LogP contribution in [0.4, 0.5) is 5.69 Å². The maximum Gasteiger partial charge on any atom is 0.253 e. The second-order valence-corrected chi connectivity index (χ2v) is 6.17. The Balaban J connectivity index is 1.97. The van der Waals surface area contributed by atoms with E-state index in [1.54, 1.807) is 29.2 Å². The lowest BCUT2D eigenvalue weighted by Crippen LogP contribution is -2.34. The molecule has 0 aliphatic heterocycles. The van der Waals surface area contributed by atoms with Crippen LogP contribution in [0.15, 0.2) is 24.3 Å². The molecule has 0 radical (unpaired) electrons. The van der Waals surface area contributed by atoms with E-state index in [-0.39, 0.29) is 23.8 Å². The number of hydrogen-bond donors (Lipinski definition) is 2. The molecule has 1 aromatic carbocycles. The number of nitrogens with two attached hydrogens (primary N) is 1. The molecule has 5 heteroatoms. The van der Waals surface area contributed by atoms with Gasteiger partial charge in [0.1, 0.15) is 0 Å². The molecule has 1 fully saturated rings. The minimum Gasteiger partial charge on any atom is -0.339 e. The van der Waals surface area contributed by atoms with Crippen molar-refractivity contribution in [2.75, 3.05) is 18.4 Å². The third-order valence-corrected chi connectivity index (χ3v) is 4.54. The summed E-state index contributed by atoms with van der Waals surface area (Å²) < 4.78 is 0. The summed E-state index contributed by atoms with van der Waals surface area (Å²) in [6, 6.07) is 7.24. The molecule has 5 nitrogen and oxygen atoms in total. The molecule has 0 saturated heterocycles. The van der Waals surface area contributed by atoms with Gasteiger partial charge in [-0.3, -0.25) is 9.59 Å². The fourth-order valence-corrected chi connectivity index (χ4v) is 3.10. The number of nitrogens with one attached hydrogen (secondary N) is 1. The summed E-state index contributed by atoms with van der Waals surface area (Å²) in [7, 11) is 0. The zero-order chi connectivity index (χ0) is 16.8. The number of amides is 2. The summed E-state index contributed by atoms with van der Waals surface area (Å²) in [5.74, 6) is 0.0461. The summed E-state index contributed by atoms with van der Waals surface area (Å²) in [6.45, 7) is 5.31. The molecule has 0 spiro atoms. The first-order chi connectivity index (χ1) is 11.0. The van der Waals surface area contributed by atoms with E-state index in [4.69, 9.17) is 5.73 Å². The number of carbonyl (C=O) groups excluding carboxylic acids is 2. The van der Waals surface area contributed by atoms with E-state index in [2.05, 4.69) is 5.32 Å². The van der Waals surface area contributed by atoms with Gasteiger partial charge in [0.25, 0.3) is 5.91 Å². The normalized spacial score (nSPS) is 20.8. The molecule has 2 rings (SSSR count). The zero-order valence-corrected chi connectivity index (χ0v) is 14.0. The summed E-state index contributed by atoms with van der Waals surface area (Å²) >= 11 is 0. The van der Waals surface area contributed by atoms with E-state index >= 15 is 0 Å². The molecule has 2 amide bonds. The van der Waals surface area contributed by atoms with E-state index in [0.717, 1.165) is 31.4 Å². The van der Waals surface area contributed by atoms with Crippen molar-refractivity contribution in [3.8, 4) is 0 Å². The number of rotatable bonds is 5. The van der Waals surface area contributed by atoms with Gasteiger partial charge in [0.05, 0.1) is 0 Å². The molecule has 0 heterocycles. The van der Waals surface area contributed by atoms with Crippen molar-refractivity contribution in [2.45, 2.75) is 45.6 Å². The largest absolute Gasteiger partial charge is 0.339 e. The average molecular weight is 317 g/mol. The van der Waals surface area contributed by atoms with Gasteiger partial charge in [0.2, 0.25) is 5.91 Å². The monoisotopic (exact) mass is 317 g/mol. The van der Waals surface area contributed by atoms with Crippen LogP contribution in [-0.4, -0.2) is 35.8 Å².